The third-order valence-electron chi connectivity index (χ3n) is 10.0. The highest BCUT2D eigenvalue weighted by molar-refractivity contribution is 5.84. The number of hydrogen-bond acceptors (Lipinski definition) is 4. The first kappa shape index (κ1) is 30.5. The smallest absolute Gasteiger partial charge is 0.164 e. The number of pyridine rings is 1. The number of benzene rings is 6. The van der Waals surface area contributed by atoms with Gasteiger partial charge >= 0.3 is 0 Å². The maximum Gasteiger partial charge on any atom is 0.164 e. The molecule has 2 heterocycles. The molecule has 0 atom stereocenters. The van der Waals surface area contributed by atoms with Crippen molar-refractivity contribution in [1.82, 2.24) is 19.9 Å². The number of hydrogen-bond donors (Lipinski definition) is 0. The van der Waals surface area contributed by atoms with Crippen molar-refractivity contribution >= 4 is 0 Å². The Balaban J connectivity index is 1.08. The van der Waals surface area contributed by atoms with Crippen molar-refractivity contribution in [2.75, 3.05) is 0 Å². The second-order valence-corrected chi connectivity index (χ2v) is 13.6. The van der Waals surface area contributed by atoms with Crippen molar-refractivity contribution in [3.8, 4) is 78.7 Å². The fraction of sp³-hybridized carbons (Fsp3) is 0.0638. The van der Waals surface area contributed by atoms with E-state index in [9.17, 15) is 0 Å². The molecule has 0 bridgehead atoms. The number of nitrogens with zero attached hydrogens (tertiary/aromatic N) is 4. The van der Waals surface area contributed by atoms with Crippen LogP contribution in [0, 0.1) is 0 Å². The molecule has 0 saturated heterocycles. The van der Waals surface area contributed by atoms with Crippen molar-refractivity contribution in [2.45, 2.75) is 19.3 Å². The predicted octanol–water partition coefficient (Wildman–Crippen LogP) is 11.6. The van der Waals surface area contributed by atoms with Crippen molar-refractivity contribution in [3.05, 3.63) is 181 Å². The van der Waals surface area contributed by atoms with E-state index < -0.39 is 0 Å². The van der Waals surface area contributed by atoms with Crippen LogP contribution >= 0.6 is 0 Å². The number of rotatable bonds is 6. The van der Waals surface area contributed by atoms with Gasteiger partial charge in [0, 0.05) is 34.5 Å². The summed E-state index contributed by atoms with van der Waals surface area (Å²) in [5, 5.41) is 0. The molecule has 2 aromatic heterocycles. The number of aromatic nitrogens is 4. The highest BCUT2D eigenvalue weighted by Gasteiger charge is 2.35. The van der Waals surface area contributed by atoms with Gasteiger partial charge in [-0.05, 0) is 79.9 Å². The summed E-state index contributed by atoms with van der Waals surface area (Å²) in [5.74, 6) is 1.90. The van der Waals surface area contributed by atoms with Crippen LogP contribution in [0.25, 0.3) is 78.7 Å². The van der Waals surface area contributed by atoms with E-state index in [0.29, 0.717) is 17.5 Å². The molecule has 0 fully saturated rings. The summed E-state index contributed by atoms with van der Waals surface area (Å²) in [6.45, 7) is 4.66. The van der Waals surface area contributed by atoms with E-state index in [1.165, 1.54) is 33.4 Å². The molecule has 4 nitrogen and oxygen atoms in total. The molecular formula is C47H34N4. The normalized spacial score (nSPS) is 12.7. The van der Waals surface area contributed by atoms with Crippen LogP contribution in [0.15, 0.2) is 170 Å². The summed E-state index contributed by atoms with van der Waals surface area (Å²) in [7, 11) is 0. The topological polar surface area (TPSA) is 51.6 Å². The summed E-state index contributed by atoms with van der Waals surface area (Å²) in [6, 6.07) is 55.4. The second kappa shape index (κ2) is 12.4. The first-order chi connectivity index (χ1) is 25.0. The summed E-state index contributed by atoms with van der Waals surface area (Å²) in [6.07, 6.45) is 3.66. The molecule has 9 rings (SSSR count). The van der Waals surface area contributed by atoms with Gasteiger partial charge in [-0.25, -0.2) is 15.0 Å². The Kier molecular flexibility index (Phi) is 7.44. The molecule has 0 amide bonds. The van der Waals surface area contributed by atoms with Gasteiger partial charge in [0.2, 0.25) is 0 Å². The van der Waals surface area contributed by atoms with Crippen LogP contribution in [-0.4, -0.2) is 19.9 Å². The largest absolute Gasteiger partial charge is 0.264 e. The van der Waals surface area contributed by atoms with E-state index >= 15 is 0 Å². The molecule has 8 aromatic rings. The summed E-state index contributed by atoms with van der Waals surface area (Å²) in [5.41, 5.74) is 15.0. The lowest BCUT2D eigenvalue weighted by molar-refractivity contribution is 0.660. The van der Waals surface area contributed by atoms with Crippen LogP contribution < -0.4 is 0 Å². The van der Waals surface area contributed by atoms with Crippen molar-refractivity contribution in [1.29, 1.82) is 0 Å². The van der Waals surface area contributed by atoms with E-state index in [2.05, 4.69) is 140 Å². The Hall–Kier alpha value is -6.52. The Morgan fingerprint density at radius 1 is 0.353 bits per heavy atom. The Bertz CT molecular complexity index is 2540. The molecule has 0 N–H and O–H groups in total. The maximum atomic E-state index is 5.03. The Morgan fingerprint density at radius 3 is 1.53 bits per heavy atom. The molecule has 51 heavy (non-hydrogen) atoms. The van der Waals surface area contributed by atoms with Gasteiger partial charge in [0.15, 0.2) is 17.5 Å². The third-order valence-corrected chi connectivity index (χ3v) is 10.0. The molecule has 0 unspecified atom stereocenters. The molecule has 0 saturated carbocycles. The van der Waals surface area contributed by atoms with Crippen molar-refractivity contribution < 1.29 is 0 Å². The molecule has 0 spiro atoms. The standard InChI is InChI=1S/C47H34N4/c1-47(2)42-19-7-6-18-40(42)41-25-24-37(29-43(41)47)35-14-8-13-34(27-35)36-15-9-16-38(28-36)46-50-44(32-11-4-3-5-12-32)49-45(51-46)33-22-20-31(21-23-33)39-17-10-26-48-30-39/h3-30H,1-2H3. The van der Waals surface area contributed by atoms with Crippen LogP contribution in [0.4, 0.5) is 0 Å². The second-order valence-electron chi connectivity index (χ2n) is 13.6. The average Bonchev–Trinajstić information content (AvgIpc) is 3.44. The molecule has 1 aliphatic rings. The lowest BCUT2D eigenvalue weighted by Crippen LogP contribution is -2.14. The lowest BCUT2D eigenvalue weighted by atomic mass is 9.81. The van der Waals surface area contributed by atoms with E-state index in [1.54, 1.807) is 6.20 Å². The van der Waals surface area contributed by atoms with Gasteiger partial charge in [0.05, 0.1) is 0 Å². The highest BCUT2D eigenvalue weighted by atomic mass is 15.0. The highest BCUT2D eigenvalue weighted by Crippen LogP contribution is 2.49. The van der Waals surface area contributed by atoms with Gasteiger partial charge < -0.3 is 0 Å². The van der Waals surface area contributed by atoms with E-state index in [4.69, 9.17) is 15.0 Å². The van der Waals surface area contributed by atoms with Crippen LogP contribution in [0.1, 0.15) is 25.0 Å². The molecule has 0 radical (unpaired) electrons. The summed E-state index contributed by atoms with van der Waals surface area (Å²) < 4.78 is 0. The quantitative estimate of drug-likeness (QED) is 0.179. The van der Waals surface area contributed by atoms with Gasteiger partial charge in [0.25, 0.3) is 0 Å². The minimum Gasteiger partial charge on any atom is -0.264 e. The molecule has 4 heteroatoms. The predicted molar refractivity (Wildman–Crippen MR) is 208 cm³/mol. The fourth-order valence-corrected chi connectivity index (χ4v) is 7.30. The van der Waals surface area contributed by atoms with Gasteiger partial charge in [-0.15, -0.1) is 0 Å². The van der Waals surface area contributed by atoms with Crippen LogP contribution in [0.2, 0.25) is 0 Å². The van der Waals surface area contributed by atoms with E-state index in [-0.39, 0.29) is 5.41 Å². The molecule has 1 aliphatic carbocycles. The van der Waals surface area contributed by atoms with Crippen LogP contribution in [0.3, 0.4) is 0 Å². The maximum absolute atomic E-state index is 5.03. The van der Waals surface area contributed by atoms with Crippen molar-refractivity contribution in [3.63, 3.8) is 0 Å². The summed E-state index contributed by atoms with van der Waals surface area (Å²) in [4.78, 5) is 19.2. The van der Waals surface area contributed by atoms with Crippen molar-refractivity contribution in [2.24, 2.45) is 0 Å². The van der Waals surface area contributed by atoms with Crippen LogP contribution in [0.5, 0.6) is 0 Å². The van der Waals surface area contributed by atoms with Gasteiger partial charge in [-0.3, -0.25) is 4.98 Å². The van der Waals surface area contributed by atoms with E-state index in [0.717, 1.165) is 38.9 Å². The first-order valence-corrected chi connectivity index (χ1v) is 17.3. The molecule has 0 aliphatic heterocycles. The van der Waals surface area contributed by atoms with E-state index in [1.807, 2.05) is 42.6 Å². The first-order valence-electron chi connectivity index (χ1n) is 17.3. The van der Waals surface area contributed by atoms with Gasteiger partial charge in [0.1, 0.15) is 0 Å². The van der Waals surface area contributed by atoms with Crippen LogP contribution in [-0.2, 0) is 5.41 Å². The van der Waals surface area contributed by atoms with Gasteiger partial charge in [-0.2, -0.15) is 0 Å². The molecular weight excluding hydrogens is 621 g/mol. The number of fused-ring (bicyclic) bond motifs is 3. The summed E-state index contributed by atoms with van der Waals surface area (Å²) >= 11 is 0. The fourth-order valence-electron chi connectivity index (χ4n) is 7.30. The molecule has 242 valence electrons. The van der Waals surface area contributed by atoms with Gasteiger partial charge in [-0.1, -0.05) is 147 Å². The zero-order chi connectivity index (χ0) is 34.4. The molecule has 6 aromatic carbocycles. The SMILES string of the molecule is CC1(C)c2ccccc2-c2ccc(-c3cccc(-c4cccc(-c5nc(-c6ccccc6)nc(-c6ccc(-c7cccnc7)cc6)n5)c4)c3)cc21. The zero-order valence-electron chi connectivity index (χ0n) is 28.5. The lowest BCUT2D eigenvalue weighted by Gasteiger charge is -2.22. The Morgan fingerprint density at radius 2 is 0.843 bits per heavy atom. The monoisotopic (exact) mass is 654 g/mol. The Labute approximate surface area is 298 Å². The minimum absolute atomic E-state index is 0.0444. The third kappa shape index (κ3) is 5.61. The average molecular weight is 655 g/mol. The minimum atomic E-state index is -0.0444. The zero-order valence-corrected chi connectivity index (χ0v) is 28.5.